The highest BCUT2D eigenvalue weighted by molar-refractivity contribution is 7.13. The summed E-state index contributed by atoms with van der Waals surface area (Å²) in [5.41, 5.74) is 0.424. The zero-order chi connectivity index (χ0) is 19.2. The summed E-state index contributed by atoms with van der Waals surface area (Å²) in [4.78, 5) is 25.8. The summed E-state index contributed by atoms with van der Waals surface area (Å²) in [6, 6.07) is 16.1. The van der Waals surface area contributed by atoms with Gasteiger partial charge in [0.1, 0.15) is 11.6 Å². The van der Waals surface area contributed by atoms with E-state index >= 15 is 0 Å². The molecule has 138 valence electrons. The van der Waals surface area contributed by atoms with Crippen molar-refractivity contribution in [2.45, 2.75) is 6.92 Å². The molecule has 0 atom stereocenters. The van der Waals surface area contributed by atoms with Crippen LogP contribution in [0.3, 0.4) is 0 Å². The molecule has 2 amide bonds. The molecule has 2 N–H and O–H groups in total. The number of ether oxygens (including phenoxy) is 1. The number of halogens is 1. The van der Waals surface area contributed by atoms with Crippen molar-refractivity contribution in [3.63, 3.8) is 0 Å². The molecule has 0 aliphatic rings. The van der Waals surface area contributed by atoms with Gasteiger partial charge < -0.3 is 15.4 Å². The van der Waals surface area contributed by atoms with Crippen molar-refractivity contribution >= 4 is 28.8 Å². The van der Waals surface area contributed by atoms with Crippen LogP contribution in [0.25, 0.3) is 0 Å². The molecule has 1 aromatic heterocycles. The van der Waals surface area contributed by atoms with Gasteiger partial charge in [0, 0.05) is 10.9 Å². The first kappa shape index (κ1) is 18.6. The predicted octanol–water partition coefficient (Wildman–Crippen LogP) is 4.36. The summed E-state index contributed by atoms with van der Waals surface area (Å²) in [6.45, 7) is 1.73. The summed E-state index contributed by atoms with van der Waals surface area (Å²) >= 11 is 1.36. The third-order valence-corrected chi connectivity index (χ3v) is 4.56. The van der Waals surface area contributed by atoms with Crippen LogP contribution in [0.1, 0.15) is 14.5 Å². The number of carbonyl (C=O) groups excluding carboxylic acids is 2. The Morgan fingerprint density at radius 1 is 1.07 bits per heavy atom. The molecule has 7 heteroatoms. The van der Waals surface area contributed by atoms with Crippen LogP contribution in [0.2, 0.25) is 0 Å². The molecule has 27 heavy (non-hydrogen) atoms. The SMILES string of the molecule is Cc1ccc(C(=O)NCC(=O)Nc2ccccc2Oc2cccc(F)c2)s1. The summed E-state index contributed by atoms with van der Waals surface area (Å²) in [7, 11) is 0. The lowest BCUT2D eigenvalue weighted by Crippen LogP contribution is -2.32. The molecule has 0 bridgehead atoms. The fraction of sp³-hybridized carbons (Fsp3) is 0.100. The molecule has 0 radical (unpaired) electrons. The summed E-state index contributed by atoms with van der Waals surface area (Å²) in [5.74, 6) is -0.422. The number of nitrogens with one attached hydrogen (secondary N) is 2. The molecule has 1 heterocycles. The molecule has 3 rings (SSSR count). The van der Waals surface area contributed by atoms with Gasteiger partial charge in [0.25, 0.3) is 5.91 Å². The fourth-order valence-electron chi connectivity index (χ4n) is 2.31. The van der Waals surface area contributed by atoms with Crippen LogP contribution in [0, 0.1) is 12.7 Å². The van der Waals surface area contributed by atoms with Crippen molar-refractivity contribution in [2.75, 3.05) is 11.9 Å². The lowest BCUT2D eigenvalue weighted by molar-refractivity contribution is -0.115. The maximum atomic E-state index is 13.3. The summed E-state index contributed by atoms with van der Waals surface area (Å²) in [5, 5.41) is 5.27. The number of hydrogen-bond acceptors (Lipinski definition) is 4. The Kier molecular flexibility index (Phi) is 5.83. The van der Waals surface area contributed by atoms with Crippen molar-refractivity contribution < 1.29 is 18.7 Å². The Morgan fingerprint density at radius 3 is 2.63 bits per heavy atom. The average molecular weight is 384 g/mol. The Labute approximate surface area is 159 Å². The first-order valence-electron chi connectivity index (χ1n) is 8.18. The van der Waals surface area contributed by atoms with Gasteiger partial charge in [-0.3, -0.25) is 9.59 Å². The standard InChI is InChI=1S/C20H17FN2O3S/c1-13-9-10-18(27-13)20(25)22-12-19(24)23-16-7-2-3-8-17(16)26-15-6-4-5-14(21)11-15/h2-11H,12H2,1H3,(H,22,25)(H,23,24). The molecule has 0 spiro atoms. The average Bonchev–Trinajstić information content (AvgIpc) is 3.08. The number of rotatable bonds is 6. The maximum Gasteiger partial charge on any atom is 0.261 e. The molecule has 3 aromatic rings. The molecule has 0 aliphatic heterocycles. The molecule has 0 saturated carbocycles. The lowest BCUT2D eigenvalue weighted by atomic mass is 10.2. The number of para-hydroxylation sites is 2. The smallest absolute Gasteiger partial charge is 0.261 e. The summed E-state index contributed by atoms with van der Waals surface area (Å²) in [6.07, 6.45) is 0. The number of aryl methyl sites for hydroxylation is 1. The van der Waals surface area contributed by atoms with E-state index in [1.807, 2.05) is 13.0 Å². The van der Waals surface area contributed by atoms with Gasteiger partial charge >= 0.3 is 0 Å². The number of anilines is 1. The Bertz CT molecular complexity index is 971. The van der Waals surface area contributed by atoms with Crippen LogP contribution >= 0.6 is 11.3 Å². The topological polar surface area (TPSA) is 67.4 Å². The maximum absolute atomic E-state index is 13.3. The minimum absolute atomic E-state index is 0.177. The first-order chi connectivity index (χ1) is 13.0. The molecule has 5 nitrogen and oxygen atoms in total. The number of amides is 2. The number of benzene rings is 2. The van der Waals surface area contributed by atoms with Crippen molar-refractivity contribution in [3.05, 3.63) is 76.2 Å². The van der Waals surface area contributed by atoms with Crippen LogP contribution in [0.5, 0.6) is 11.5 Å². The van der Waals surface area contributed by atoms with E-state index in [2.05, 4.69) is 10.6 Å². The van der Waals surface area contributed by atoms with Gasteiger partial charge in [-0.25, -0.2) is 4.39 Å². The second-order valence-corrected chi connectivity index (χ2v) is 6.98. The number of carbonyl (C=O) groups is 2. The highest BCUT2D eigenvalue weighted by Gasteiger charge is 2.12. The predicted molar refractivity (Wildman–Crippen MR) is 103 cm³/mol. The summed E-state index contributed by atoms with van der Waals surface area (Å²) < 4.78 is 19.0. The number of hydrogen-bond donors (Lipinski definition) is 2. The molecule has 0 unspecified atom stereocenters. The second-order valence-electron chi connectivity index (χ2n) is 5.70. The van der Waals surface area contributed by atoms with Crippen LogP contribution in [-0.4, -0.2) is 18.4 Å². The fourth-order valence-corrected chi connectivity index (χ4v) is 3.10. The van der Waals surface area contributed by atoms with E-state index in [4.69, 9.17) is 4.74 Å². The highest BCUT2D eigenvalue weighted by Crippen LogP contribution is 2.29. The van der Waals surface area contributed by atoms with Crippen LogP contribution in [-0.2, 0) is 4.79 Å². The number of thiophene rings is 1. The normalized spacial score (nSPS) is 10.3. The molecule has 2 aromatic carbocycles. The molecule has 0 aliphatic carbocycles. The van der Waals surface area contributed by atoms with Crippen LogP contribution in [0.4, 0.5) is 10.1 Å². The Hall–Kier alpha value is -3.19. The van der Waals surface area contributed by atoms with Crippen LogP contribution < -0.4 is 15.4 Å². The van der Waals surface area contributed by atoms with Crippen molar-refractivity contribution in [1.82, 2.24) is 5.32 Å². The Balaban J connectivity index is 1.61. The third-order valence-electron chi connectivity index (χ3n) is 3.56. The minimum Gasteiger partial charge on any atom is -0.455 e. The van der Waals surface area contributed by atoms with E-state index in [-0.39, 0.29) is 12.5 Å². The quantitative estimate of drug-likeness (QED) is 0.664. The van der Waals surface area contributed by atoms with Gasteiger partial charge in [0.15, 0.2) is 5.75 Å². The Morgan fingerprint density at radius 2 is 1.89 bits per heavy atom. The van der Waals surface area contributed by atoms with Gasteiger partial charge in [-0.1, -0.05) is 18.2 Å². The molecular formula is C20H17FN2O3S. The van der Waals surface area contributed by atoms with E-state index in [1.54, 1.807) is 36.4 Å². The molecule has 0 fully saturated rings. The van der Waals surface area contributed by atoms with E-state index in [0.717, 1.165) is 4.88 Å². The van der Waals surface area contributed by atoms with E-state index in [9.17, 15) is 14.0 Å². The molecule has 0 saturated heterocycles. The van der Waals surface area contributed by atoms with E-state index in [0.29, 0.717) is 22.1 Å². The second kappa shape index (κ2) is 8.46. The van der Waals surface area contributed by atoms with E-state index < -0.39 is 11.7 Å². The highest BCUT2D eigenvalue weighted by atomic mass is 32.1. The zero-order valence-corrected chi connectivity index (χ0v) is 15.3. The minimum atomic E-state index is -0.416. The third kappa shape index (κ3) is 5.15. The van der Waals surface area contributed by atoms with E-state index in [1.165, 1.54) is 29.5 Å². The zero-order valence-electron chi connectivity index (χ0n) is 14.5. The molecular weight excluding hydrogens is 367 g/mol. The lowest BCUT2D eigenvalue weighted by Gasteiger charge is -2.12. The monoisotopic (exact) mass is 384 g/mol. The van der Waals surface area contributed by atoms with Crippen molar-refractivity contribution in [1.29, 1.82) is 0 Å². The van der Waals surface area contributed by atoms with Gasteiger partial charge in [0.05, 0.1) is 17.1 Å². The van der Waals surface area contributed by atoms with Gasteiger partial charge in [-0.15, -0.1) is 11.3 Å². The van der Waals surface area contributed by atoms with Crippen LogP contribution in [0.15, 0.2) is 60.7 Å². The van der Waals surface area contributed by atoms with Crippen molar-refractivity contribution in [3.8, 4) is 11.5 Å². The van der Waals surface area contributed by atoms with Gasteiger partial charge in [0.2, 0.25) is 5.91 Å². The van der Waals surface area contributed by atoms with Gasteiger partial charge in [-0.2, -0.15) is 0 Å². The largest absolute Gasteiger partial charge is 0.455 e. The van der Waals surface area contributed by atoms with Crippen molar-refractivity contribution in [2.24, 2.45) is 0 Å². The van der Waals surface area contributed by atoms with Gasteiger partial charge in [-0.05, 0) is 43.3 Å². The first-order valence-corrected chi connectivity index (χ1v) is 9.00.